The number of rotatable bonds is 7. The molecule has 3 aliphatic rings. The molecule has 1 spiro atoms. The minimum absolute atomic E-state index is 0.424. The Kier molecular flexibility index (Phi) is 5.03. The Hall–Kier alpha value is -1.10. The molecule has 3 fully saturated rings. The molecular weight excluding hydrogens is 312 g/mol. The second-order valence-electron chi connectivity index (χ2n) is 8.42. The predicted octanol–water partition coefficient (Wildman–Crippen LogP) is 2.88. The number of nitrogens with zero attached hydrogens (tertiary/aromatic N) is 2. The average molecular weight is 344 g/mol. The highest BCUT2D eigenvalue weighted by Crippen LogP contribution is 2.45. The molecular formula is C21H32N2O2. The highest BCUT2D eigenvalue weighted by Gasteiger charge is 2.50. The number of hydrogen-bond donors (Lipinski definition) is 0. The zero-order valence-corrected chi connectivity index (χ0v) is 15.7. The lowest BCUT2D eigenvalue weighted by Gasteiger charge is -2.30. The zero-order chi connectivity index (χ0) is 17.3. The minimum atomic E-state index is 0.424. The summed E-state index contributed by atoms with van der Waals surface area (Å²) in [6.07, 6.45) is 4.19. The molecule has 1 aromatic rings. The first-order chi connectivity index (χ1) is 12.2. The van der Waals surface area contributed by atoms with Crippen LogP contribution in [0, 0.1) is 17.3 Å². The van der Waals surface area contributed by atoms with Crippen LogP contribution in [0.2, 0.25) is 0 Å². The van der Waals surface area contributed by atoms with Crippen LogP contribution in [0.25, 0.3) is 0 Å². The van der Waals surface area contributed by atoms with Crippen molar-refractivity contribution in [1.29, 1.82) is 0 Å². The van der Waals surface area contributed by atoms with Crippen LogP contribution < -0.4 is 4.74 Å². The van der Waals surface area contributed by atoms with Crippen LogP contribution in [0.3, 0.4) is 0 Å². The molecule has 0 radical (unpaired) electrons. The summed E-state index contributed by atoms with van der Waals surface area (Å²) >= 11 is 0. The van der Waals surface area contributed by atoms with Crippen LogP contribution in [-0.2, 0) is 11.3 Å². The summed E-state index contributed by atoms with van der Waals surface area (Å²) < 4.78 is 11.2. The van der Waals surface area contributed by atoms with E-state index in [1.165, 1.54) is 57.5 Å². The van der Waals surface area contributed by atoms with E-state index in [0.29, 0.717) is 11.3 Å². The first-order valence-corrected chi connectivity index (χ1v) is 9.78. The Morgan fingerprint density at radius 3 is 2.68 bits per heavy atom. The quantitative estimate of drug-likeness (QED) is 0.759. The van der Waals surface area contributed by atoms with Gasteiger partial charge in [0.25, 0.3) is 0 Å². The van der Waals surface area contributed by atoms with Gasteiger partial charge >= 0.3 is 0 Å². The summed E-state index contributed by atoms with van der Waals surface area (Å²) in [5.74, 6) is 2.67. The third-order valence-electron chi connectivity index (χ3n) is 6.52. The van der Waals surface area contributed by atoms with E-state index in [2.05, 4.69) is 34.1 Å². The largest absolute Gasteiger partial charge is 0.496 e. The van der Waals surface area contributed by atoms with Crippen molar-refractivity contribution < 1.29 is 9.47 Å². The van der Waals surface area contributed by atoms with Gasteiger partial charge in [0.1, 0.15) is 5.75 Å². The van der Waals surface area contributed by atoms with Crippen LogP contribution in [0.5, 0.6) is 5.75 Å². The average Bonchev–Trinajstić information content (AvgIpc) is 3.25. The molecule has 0 aromatic heterocycles. The monoisotopic (exact) mass is 344 g/mol. The normalized spacial score (nSPS) is 30.4. The number of ether oxygens (including phenoxy) is 2. The van der Waals surface area contributed by atoms with Crippen molar-refractivity contribution in [3.05, 3.63) is 29.8 Å². The highest BCUT2D eigenvalue weighted by atomic mass is 16.5. The molecule has 4 heteroatoms. The molecule has 2 atom stereocenters. The molecule has 0 amide bonds. The molecule has 0 bridgehead atoms. The van der Waals surface area contributed by atoms with Gasteiger partial charge in [-0.2, -0.15) is 0 Å². The second-order valence-corrected chi connectivity index (χ2v) is 8.42. The van der Waals surface area contributed by atoms with E-state index in [0.717, 1.165) is 24.8 Å². The predicted molar refractivity (Wildman–Crippen MR) is 99.9 cm³/mol. The van der Waals surface area contributed by atoms with Gasteiger partial charge in [-0.25, -0.2) is 0 Å². The summed E-state index contributed by atoms with van der Waals surface area (Å²) in [5, 5.41) is 0. The van der Waals surface area contributed by atoms with Crippen molar-refractivity contribution in [1.82, 2.24) is 9.80 Å². The molecule has 25 heavy (non-hydrogen) atoms. The number of methoxy groups -OCH3 is 2. The van der Waals surface area contributed by atoms with Crippen molar-refractivity contribution in [2.24, 2.45) is 17.3 Å². The Balaban J connectivity index is 1.43. The molecule has 4 rings (SSSR count). The highest BCUT2D eigenvalue weighted by molar-refractivity contribution is 5.33. The fraction of sp³-hybridized carbons (Fsp3) is 0.714. The molecule has 0 unspecified atom stereocenters. The summed E-state index contributed by atoms with van der Waals surface area (Å²) in [4.78, 5) is 5.36. The fourth-order valence-electron chi connectivity index (χ4n) is 5.04. The fourth-order valence-corrected chi connectivity index (χ4v) is 5.04. The molecule has 0 N–H and O–H groups in total. The molecule has 2 saturated heterocycles. The lowest BCUT2D eigenvalue weighted by atomic mass is 9.77. The molecule has 2 heterocycles. The SMILES string of the molecule is COC[C@@H]1CN(CC2CC2)C[C@]12CCN(Cc1ccccc1OC)C2. The first kappa shape index (κ1) is 17.3. The van der Waals surface area contributed by atoms with E-state index in [-0.39, 0.29) is 0 Å². The third-order valence-corrected chi connectivity index (χ3v) is 6.52. The van der Waals surface area contributed by atoms with Gasteiger partial charge in [0.2, 0.25) is 0 Å². The first-order valence-electron chi connectivity index (χ1n) is 9.78. The molecule has 1 aromatic carbocycles. The Bertz CT molecular complexity index is 589. The number of para-hydroxylation sites is 1. The van der Waals surface area contributed by atoms with E-state index >= 15 is 0 Å². The number of benzene rings is 1. The van der Waals surface area contributed by atoms with Gasteiger partial charge < -0.3 is 14.4 Å². The second kappa shape index (κ2) is 7.26. The van der Waals surface area contributed by atoms with Crippen molar-refractivity contribution in [2.75, 3.05) is 53.6 Å². The van der Waals surface area contributed by atoms with Gasteiger partial charge in [-0.05, 0) is 37.8 Å². The van der Waals surface area contributed by atoms with Crippen LogP contribution in [0.15, 0.2) is 24.3 Å². The van der Waals surface area contributed by atoms with Gasteiger partial charge in [0, 0.05) is 56.7 Å². The Morgan fingerprint density at radius 1 is 1.12 bits per heavy atom. The summed E-state index contributed by atoms with van der Waals surface area (Å²) in [6, 6.07) is 8.44. The smallest absolute Gasteiger partial charge is 0.123 e. The van der Waals surface area contributed by atoms with E-state index in [9.17, 15) is 0 Å². The van der Waals surface area contributed by atoms with E-state index in [1.807, 2.05) is 7.11 Å². The van der Waals surface area contributed by atoms with Gasteiger partial charge in [-0.15, -0.1) is 0 Å². The Labute approximate surface area is 152 Å². The molecule has 1 saturated carbocycles. The van der Waals surface area contributed by atoms with Crippen molar-refractivity contribution in [3.8, 4) is 5.75 Å². The van der Waals surface area contributed by atoms with Gasteiger partial charge in [-0.1, -0.05) is 18.2 Å². The standard InChI is InChI=1S/C21H32N2O2/c1-24-14-19-13-23(11-17-7-8-17)16-21(19)9-10-22(15-21)12-18-5-3-4-6-20(18)25-2/h3-6,17,19H,7-16H2,1-2H3/t19-,21+/m0/s1. The van der Waals surface area contributed by atoms with Gasteiger partial charge in [-0.3, -0.25) is 4.90 Å². The molecule has 1 aliphatic carbocycles. The summed E-state index contributed by atoms with van der Waals surface area (Å²) in [7, 11) is 3.63. The lowest BCUT2D eigenvalue weighted by Crippen LogP contribution is -2.36. The van der Waals surface area contributed by atoms with Gasteiger partial charge in [0.15, 0.2) is 0 Å². The molecule has 4 nitrogen and oxygen atoms in total. The van der Waals surface area contributed by atoms with Crippen LogP contribution in [0.4, 0.5) is 0 Å². The van der Waals surface area contributed by atoms with E-state index < -0.39 is 0 Å². The Morgan fingerprint density at radius 2 is 1.92 bits per heavy atom. The summed E-state index contributed by atoms with van der Waals surface area (Å²) in [5.41, 5.74) is 1.73. The maximum atomic E-state index is 5.61. The van der Waals surface area contributed by atoms with E-state index in [1.54, 1.807) is 7.11 Å². The lowest BCUT2D eigenvalue weighted by molar-refractivity contribution is 0.0958. The van der Waals surface area contributed by atoms with Crippen LogP contribution >= 0.6 is 0 Å². The number of likely N-dealkylation sites (tertiary alicyclic amines) is 2. The number of hydrogen-bond acceptors (Lipinski definition) is 4. The molecule has 2 aliphatic heterocycles. The maximum Gasteiger partial charge on any atom is 0.123 e. The van der Waals surface area contributed by atoms with Crippen molar-refractivity contribution in [2.45, 2.75) is 25.8 Å². The third kappa shape index (κ3) is 3.71. The van der Waals surface area contributed by atoms with Gasteiger partial charge in [0.05, 0.1) is 13.7 Å². The van der Waals surface area contributed by atoms with Crippen LogP contribution in [-0.4, -0.2) is 63.4 Å². The topological polar surface area (TPSA) is 24.9 Å². The zero-order valence-electron chi connectivity index (χ0n) is 15.7. The summed E-state index contributed by atoms with van der Waals surface area (Å²) in [6.45, 7) is 8.09. The molecule has 138 valence electrons. The van der Waals surface area contributed by atoms with Crippen molar-refractivity contribution in [3.63, 3.8) is 0 Å². The maximum absolute atomic E-state index is 5.61. The van der Waals surface area contributed by atoms with Crippen molar-refractivity contribution >= 4 is 0 Å². The van der Waals surface area contributed by atoms with E-state index in [4.69, 9.17) is 9.47 Å². The van der Waals surface area contributed by atoms with Crippen LogP contribution in [0.1, 0.15) is 24.8 Å². The minimum Gasteiger partial charge on any atom is -0.496 e.